The number of hydrogen-bond donors (Lipinski definition) is 1. The van der Waals surface area contributed by atoms with E-state index in [9.17, 15) is 9.46 Å². The molecule has 0 fully saturated rings. The number of aryl methyl sites for hydroxylation is 1. The summed E-state index contributed by atoms with van der Waals surface area (Å²) in [5.74, 6) is 1.43. The third-order valence-corrected chi connectivity index (χ3v) is 5.24. The van der Waals surface area contributed by atoms with Gasteiger partial charge < -0.3 is 9.05 Å². The van der Waals surface area contributed by atoms with Gasteiger partial charge in [-0.1, -0.05) is 76.3 Å². The molecule has 1 N–H and O–H groups in total. The van der Waals surface area contributed by atoms with Crippen molar-refractivity contribution in [2.75, 3.05) is 0 Å². The topological polar surface area (TPSA) is 55.8 Å². The normalized spacial score (nSPS) is 13.3. The molecule has 2 aromatic carbocycles. The number of phosphoric acid groups is 1. The molecule has 0 amide bonds. The molecule has 0 radical (unpaired) electrons. The number of hydrogen-bond acceptors (Lipinski definition) is 3. The van der Waals surface area contributed by atoms with Crippen LogP contribution in [0.5, 0.6) is 11.5 Å². The molecule has 0 saturated heterocycles. The van der Waals surface area contributed by atoms with Crippen molar-refractivity contribution in [3.05, 3.63) is 60.2 Å². The van der Waals surface area contributed by atoms with E-state index in [1.807, 2.05) is 12.1 Å². The van der Waals surface area contributed by atoms with Gasteiger partial charge in [-0.25, -0.2) is 4.57 Å². The zero-order valence-corrected chi connectivity index (χ0v) is 17.2. The van der Waals surface area contributed by atoms with Gasteiger partial charge in [0.2, 0.25) is 0 Å². The van der Waals surface area contributed by atoms with Crippen LogP contribution in [0.15, 0.2) is 54.6 Å². The number of unbranched alkanes of at least 4 members (excludes halogenated alkanes) is 4. The Kier molecular flexibility index (Phi) is 8.90. The molecule has 0 bridgehead atoms. The zero-order chi connectivity index (χ0) is 19.5. The standard InChI is InChI=1S/C22H31O4P/c1-19(2)11-7-4-3-5-8-12-20-15-17-22(18-16-20)26-27(23,24)25-21-13-9-6-10-14-21/h6,9-10,13-19H,3-5,7-8,11-12H2,1-2H3,(H,23,24). The lowest BCUT2D eigenvalue weighted by molar-refractivity contribution is 0.291. The molecule has 5 heteroatoms. The summed E-state index contributed by atoms with van der Waals surface area (Å²) in [4.78, 5) is 9.88. The van der Waals surface area contributed by atoms with Crippen LogP contribution in [-0.4, -0.2) is 4.89 Å². The lowest BCUT2D eigenvalue weighted by atomic mass is 10.0. The lowest BCUT2D eigenvalue weighted by Crippen LogP contribution is -1.99. The quantitative estimate of drug-likeness (QED) is 0.320. The number of benzene rings is 2. The minimum absolute atomic E-state index is 0.299. The van der Waals surface area contributed by atoms with Crippen LogP contribution in [0.3, 0.4) is 0 Å². The van der Waals surface area contributed by atoms with Crippen molar-refractivity contribution in [3.8, 4) is 11.5 Å². The fourth-order valence-electron chi connectivity index (χ4n) is 2.90. The predicted molar refractivity (Wildman–Crippen MR) is 110 cm³/mol. The second-order valence-corrected chi connectivity index (χ2v) is 8.61. The summed E-state index contributed by atoms with van der Waals surface area (Å²) < 4.78 is 22.3. The smallest absolute Gasteiger partial charge is 0.395 e. The molecule has 0 aliphatic carbocycles. The van der Waals surface area contributed by atoms with Crippen molar-refractivity contribution in [1.29, 1.82) is 0 Å². The van der Waals surface area contributed by atoms with E-state index in [-0.39, 0.29) is 0 Å². The summed E-state index contributed by atoms with van der Waals surface area (Å²) in [6.45, 7) is 4.55. The largest absolute Gasteiger partial charge is 0.584 e. The minimum Gasteiger partial charge on any atom is -0.395 e. The SMILES string of the molecule is CC(C)CCCCCCCc1ccc(OP(=O)(O)Oc2ccccc2)cc1. The summed E-state index contributed by atoms with van der Waals surface area (Å²) in [5, 5.41) is 0. The number of para-hydroxylation sites is 1. The Morgan fingerprint density at radius 1 is 0.815 bits per heavy atom. The van der Waals surface area contributed by atoms with Crippen LogP contribution in [0.2, 0.25) is 0 Å². The van der Waals surface area contributed by atoms with Crippen molar-refractivity contribution in [2.45, 2.75) is 58.8 Å². The molecule has 2 aromatic rings. The second-order valence-electron chi connectivity index (χ2n) is 7.31. The van der Waals surface area contributed by atoms with Crippen LogP contribution < -0.4 is 9.05 Å². The Bertz CT molecular complexity index is 698. The average molecular weight is 390 g/mol. The molecule has 0 saturated carbocycles. The van der Waals surface area contributed by atoms with E-state index < -0.39 is 7.82 Å². The van der Waals surface area contributed by atoms with Crippen LogP contribution in [0, 0.1) is 5.92 Å². The van der Waals surface area contributed by atoms with E-state index >= 15 is 0 Å². The first-order valence-electron chi connectivity index (χ1n) is 9.80. The van der Waals surface area contributed by atoms with Gasteiger partial charge in [0.05, 0.1) is 0 Å². The molecule has 0 aliphatic rings. The van der Waals surface area contributed by atoms with Gasteiger partial charge in [0.15, 0.2) is 0 Å². The number of phosphoric ester groups is 1. The predicted octanol–water partition coefficient (Wildman–Crippen LogP) is 6.78. The van der Waals surface area contributed by atoms with Crippen LogP contribution in [-0.2, 0) is 11.0 Å². The molecule has 0 heterocycles. The first-order valence-corrected chi connectivity index (χ1v) is 11.3. The van der Waals surface area contributed by atoms with Crippen LogP contribution in [0.1, 0.15) is 57.9 Å². The van der Waals surface area contributed by atoms with Gasteiger partial charge in [0.25, 0.3) is 0 Å². The summed E-state index contributed by atoms with van der Waals surface area (Å²) in [6, 6.07) is 15.8. The van der Waals surface area contributed by atoms with Crippen molar-refractivity contribution in [3.63, 3.8) is 0 Å². The van der Waals surface area contributed by atoms with Crippen molar-refractivity contribution >= 4 is 7.82 Å². The molecule has 1 unspecified atom stereocenters. The summed E-state index contributed by atoms with van der Waals surface area (Å²) in [6.07, 6.45) is 8.68. The first-order chi connectivity index (χ1) is 12.9. The molecule has 1 atom stereocenters. The Balaban J connectivity index is 1.70. The van der Waals surface area contributed by atoms with Gasteiger partial charge in [-0.05, 0) is 48.6 Å². The maximum atomic E-state index is 12.1. The molecular formula is C22H31O4P. The second kappa shape index (κ2) is 11.2. The maximum Gasteiger partial charge on any atom is 0.584 e. The third-order valence-electron chi connectivity index (χ3n) is 4.36. The van der Waals surface area contributed by atoms with Gasteiger partial charge in [0.1, 0.15) is 11.5 Å². The summed E-state index contributed by atoms with van der Waals surface area (Å²) >= 11 is 0. The lowest BCUT2D eigenvalue weighted by Gasteiger charge is -2.14. The molecule has 0 aromatic heterocycles. The fraction of sp³-hybridized carbons (Fsp3) is 0.455. The average Bonchev–Trinajstić information content (AvgIpc) is 2.62. The molecule has 27 heavy (non-hydrogen) atoms. The van der Waals surface area contributed by atoms with E-state index in [4.69, 9.17) is 9.05 Å². The highest BCUT2D eigenvalue weighted by Gasteiger charge is 2.24. The summed E-state index contributed by atoms with van der Waals surface area (Å²) in [5.41, 5.74) is 1.21. The maximum absolute atomic E-state index is 12.1. The Morgan fingerprint density at radius 2 is 1.37 bits per heavy atom. The highest BCUT2D eigenvalue weighted by molar-refractivity contribution is 7.48. The molecule has 0 aliphatic heterocycles. The molecule has 4 nitrogen and oxygen atoms in total. The first kappa shape index (κ1) is 21.5. The number of rotatable bonds is 12. The Labute approximate surface area is 163 Å². The van der Waals surface area contributed by atoms with Crippen molar-refractivity contribution < 1.29 is 18.5 Å². The van der Waals surface area contributed by atoms with Gasteiger partial charge >= 0.3 is 7.82 Å². The highest BCUT2D eigenvalue weighted by atomic mass is 31.2. The van der Waals surface area contributed by atoms with Crippen molar-refractivity contribution in [1.82, 2.24) is 0 Å². The fourth-order valence-corrected chi connectivity index (χ4v) is 3.71. The molecular weight excluding hydrogens is 359 g/mol. The van der Waals surface area contributed by atoms with Gasteiger partial charge in [-0.3, -0.25) is 4.89 Å². The van der Waals surface area contributed by atoms with Crippen LogP contribution in [0.25, 0.3) is 0 Å². The van der Waals surface area contributed by atoms with Crippen molar-refractivity contribution in [2.24, 2.45) is 5.92 Å². The summed E-state index contributed by atoms with van der Waals surface area (Å²) in [7, 11) is -4.20. The van der Waals surface area contributed by atoms with E-state index in [0.717, 1.165) is 18.8 Å². The molecule has 0 spiro atoms. The van der Waals surface area contributed by atoms with E-state index in [0.29, 0.717) is 11.5 Å². The van der Waals surface area contributed by atoms with E-state index in [1.54, 1.807) is 42.5 Å². The highest BCUT2D eigenvalue weighted by Crippen LogP contribution is 2.44. The Morgan fingerprint density at radius 3 is 2.00 bits per heavy atom. The zero-order valence-electron chi connectivity index (χ0n) is 16.3. The monoisotopic (exact) mass is 390 g/mol. The van der Waals surface area contributed by atoms with Crippen LogP contribution in [0.4, 0.5) is 0 Å². The van der Waals surface area contributed by atoms with Crippen LogP contribution >= 0.6 is 7.82 Å². The van der Waals surface area contributed by atoms with Gasteiger partial charge in [-0.15, -0.1) is 0 Å². The van der Waals surface area contributed by atoms with Gasteiger partial charge in [-0.2, -0.15) is 0 Å². The van der Waals surface area contributed by atoms with E-state index in [1.165, 1.54) is 37.7 Å². The molecule has 2 rings (SSSR count). The Hall–Kier alpha value is -1.77. The van der Waals surface area contributed by atoms with Gasteiger partial charge in [0, 0.05) is 0 Å². The third kappa shape index (κ3) is 9.12. The minimum atomic E-state index is -4.20. The van der Waals surface area contributed by atoms with E-state index in [2.05, 4.69) is 13.8 Å². The molecule has 148 valence electrons.